The lowest BCUT2D eigenvalue weighted by atomic mass is 9.95. The van der Waals surface area contributed by atoms with E-state index in [1.54, 1.807) is 24.3 Å². The number of phenols is 1. The minimum absolute atomic E-state index is 0.0268. The molecule has 4 rings (SSSR count). The summed E-state index contributed by atoms with van der Waals surface area (Å²) in [6, 6.07) is 14.9. The van der Waals surface area contributed by atoms with Gasteiger partial charge in [0.05, 0.1) is 6.04 Å². The first-order valence-electron chi connectivity index (χ1n) is 10.5. The number of para-hydroxylation sites is 1. The summed E-state index contributed by atoms with van der Waals surface area (Å²) in [5.74, 6) is 1.22. The van der Waals surface area contributed by atoms with Gasteiger partial charge in [0.2, 0.25) is 5.91 Å². The van der Waals surface area contributed by atoms with E-state index < -0.39 is 0 Å². The number of amides is 1. The van der Waals surface area contributed by atoms with Gasteiger partial charge in [-0.15, -0.1) is 0 Å². The number of piperidine rings is 1. The Hall–Kier alpha value is -3.35. The van der Waals surface area contributed by atoms with Crippen LogP contribution in [0.1, 0.15) is 19.8 Å². The summed E-state index contributed by atoms with van der Waals surface area (Å²) in [6.07, 6.45) is 1.47. The highest BCUT2D eigenvalue weighted by molar-refractivity contribution is 5.85. The molecule has 1 aromatic heterocycles. The van der Waals surface area contributed by atoms with Crippen LogP contribution >= 0.6 is 0 Å². The van der Waals surface area contributed by atoms with E-state index in [9.17, 15) is 14.3 Å². The summed E-state index contributed by atoms with van der Waals surface area (Å²) in [5.41, 5.74) is 0.592. The summed E-state index contributed by atoms with van der Waals surface area (Å²) in [4.78, 5) is 19.4. The molecule has 0 aliphatic carbocycles. The number of phenolic OH excluding ortho intramolecular Hbond substituents is 1. The van der Waals surface area contributed by atoms with Gasteiger partial charge in [-0.25, -0.2) is 9.37 Å². The average molecular weight is 423 g/mol. The summed E-state index contributed by atoms with van der Waals surface area (Å²) in [5, 5.41) is 14.0. The second-order valence-corrected chi connectivity index (χ2v) is 7.95. The first-order valence-corrected chi connectivity index (χ1v) is 10.5. The Morgan fingerprint density at radius 3 is 2.68 bits per heavy atom. The maximum Gasteiger partial charge on any atom is 0.223 e. The number of benzene rings is 2. The highest BCUT2D eigenvalue weighted by Gasteiger charge is 2.26. The normalized spacial score (nSPS) is 15.6. The predicted octanol–water partition coefficient (Wildman–Crippen LogP) is 3.88. The molecule has 1 saturated heterocycles. The van der Waals surface area contributed by atoms with Crippen molar-refractivity contribution in [1.82, 2.24) is 10.3 Å². The summed E-state index contributed by atoms with van der Waals surface area (Å²) < 4.78 is 18.6. The third kappa shape index (κ3) is 5.05. The number of aromatic hydroxyl groups is 1. The third-order valence-electron chi connectivity index (χ3n) is 5.58. The zero-order chi connectivity index (χ0) is 21.8. The Morgan fingerprint density at radius 1 is 1.19 bits per heavy atom. The number of anilines is 1. The van der Waals surface area contributed by atoms with Crippen LogP contribution < -0.4 is 15.0 Å². The predicted molar refractivity (Wildman–Crippen MR) is 118 cm³/mol. The number of carbonyl (C=O) groups is 1. The maximum atomic E-state index is 13.0. The number of halogens is 1. The van der Waals surface area contributed by atoms with Crippen molar-refractivity contribution >= 4 is 22.6 Å². The molecule has 1 fully saturated rings. The van der Waals surface area contributed by atoms with E-state index in [0.717, 1.165) is 37.1 Å². The molecule has 0 radical (unpaired) electrons. The van der Waals surface area contributed by atoms with Crippen LogP contribution in [-0.4, -0.2) is 41.7 Å². The summed E-state index contributed by atoms with van der Waals surface area (Å²) in [6.45, 7) is 3.66. The lowest BCUT2D eigenvalue weighted by Crippen LogP contribution is -2.44. The maximum absolute atomic E-state index is 13.0. The van der Waals surface area contributed by atoms with Crippen LogP contribution in [-0.2, 0) is 4.79 Å². The quantitative estimate of drug-likeness (QED) is 0.629. The van der Waals surface area contributed by atoms with Gasteiger partial charge in [-0.1, -0.05) is 12.1 Å². The van der Waals surface area contributed by atoms with Crippen LogP contribution in [0.4, 0.5) is 10.2 Å². The van der Waals surface area contributed by atoms with E-state index >= 15 is 0 Å². The molecule has 1 amide bonds. The molecule has 0 saturated carbocycles. The molecule has 2 heterocycles. The number of aromatic nitrogens is 1. The Balaban J connectivity index is 1.27. The number of nitrogens with one attached hydrogen (secondary N) is 1. The molecule has 7 heteroatoms. The van der Waals surface area contributed by atoms with Gasteiger partial charge in [-0.05, 0) is 62.2 Å². The Morgan fingerprint density at radius 2 is 1.94 bits per heavy atom. The van der Waals surface area contributed by atoms with Crippen LogP contribution in [0.15, 0.2) is 54.6 Å². The number of rotatable bonds is 6. The monoisotopic (exact) mass is 423 g/mol. The van der Waals surface area contributed by atoms with Crippen LogP contribution in [0.25, 0.3) is 10.9 Å². The van der Waals surface area contributed by atoms with Crippen molar-refractivity contribution in [3.8, 4) is 11.5 Å². The fraction of sp³-hybridized carbons (Fsp3) is 0.333. The molecule has 1 aliphatic rings. The molecular weight excluding hydrogens is 397 g/mol. The van der Waals surface area contributed by atoms with Gasteiger partial charge in [0, 0.05) is 24.4 Å². The SMILES string of the molecule is CC(COc1ccc(F)cc1)NC(=O)C1CCN(c2ccc3cccc(O)c3n2)CC1. The number of fused-ring (bicyclic) bond motifs is 1. The van der Waals surface area contributed by atoms with Crippen LogP contribution in [0.5, 0.6) is 11.5 Å². The van der Waals surface area contributed by atoms with E-state index in [-0.39, 0.29) is 29.4 Å². The van der Waals surface area contributed by atoms with Gasteiger partial charge in [-0.3, -0.25) is 4.79 Å². The zero-order valence-electron chi connectivity index (χ0n) is 17.4. The topological polar surface area (TPSA) is 74.7 Å². The van der Waals surface area contributed by atoms with Crippen molar-refractivity contribution in [2.45, 2.75) is 25.8 Å². The molecule has 1 aliphatic heterocycles. The first-order chi connectivity index (χ1) is 15.0. The van der Waals surface area contributed by atoms with E-state index in [2.05, 4.69) is 15.2 Å². The minimum atomic E-state index is -0.310. The highest BCUT2D eigenvalue weighted by atomic mass is 19.1. The zero-order valence-corrected chi connectivity index (χ0v) is 17.4. The van der Waals surface area contributed by atoms with Gasteiger partial charge >= 0.3 is 0 Å². The number of carbonyl (C=O) groups excluding carboxylic acids is 1. The van der Waals surface area contributed by atoms with Gasteiger partial charge in [0.15, 0.2) is 0 Å². The second kappa shape index (κ2) is 9.20. The molecule has 2 aromatic carbocycles. The molecule has 2 N–H and O–H groups in total. The molecule has 1 atom stereocenters. The molecule has 1 unspecified atom stereocenters. The lowest BCUT2D eigenvalue weighted by molar-refractivity contribution is -0.126. The van der Waals surface area contributed by atoms with E-state index in [1.807, 2.05) is 25.1 Å². The van der Waals surface area contributed by atoms with Gasteiger partial charge in [-0.2, -0.15) is 0 Å². The van der Waals surface area contributed by atoms with Crippen molar-refractivity contribution in [3.63, 3.8) is 0 Å². The Bertz CT molecular complexity index is 1050. The Labute approximate surface area is 180 Å². The fourth-order valence-corrected chi connectivity index (χ4v) is 3.82. The number of ether oxygens (including phenoxy) is 1. The van der Waals surface area contributed by atoms with Crippen molar-refractivity contribution in [2.24, 2.45) is 5.92 Å². The van der Waals surface area contributed by atoms with Gasteiger partial charge < -0.3 is 20.1 Å². The van der Waals surface area contributed by atoms with Crippen molar-refractivity contribution in [2.75, 3.05) is 24.6 Å². The second-order valence-electron chi connectivity index (χ2n) is 7.95. The minimum Gasteiger partial charge on any atom is -0.506 e. The third-order valence-corrected chi connectivity index (χ3v) is 5.58. The van der Waals surface area contributed by atoms with Crippen LogP contribution in [0.3, 0.4) is 0 Å². The summed E-state index contributed by atoms with van der Waals surface area (Å²) >= 11 is 0. The molecular formula is C24H26FN3O3. The lowest BCUT2D eigenvalue weighted by Gasteiger charge is -2.32. The molecule has 3 aromatic rings. The van der Waals surface area contributed by atoms with Crippen LogP contribution in [0.2, 0.25) is 0 Å². The van der Waals surface area contributed by atoms with Crippen molar-refractivity contribution in [1.29, 1.82) is 0 Å². The number of hydrogen-bond donors (Lipinski definition) is 2. The fourth-order valence-electron chi connectivity index (χ4n) is 3.82. The molecule has 31 heavy (non-hydrogen) atoms. The standard InChI is InChI=1S/C24H26FN3O3/c1-16(15-31-20-8-6-19(25)7-9-20)26-24(30)18-11-13-28(14-12-18)22-10-5-17-3-2-4-21(29)23(17)27-22/h2-10,16,18,29H,11-15H2,1H3,(H,26,30). The molecule has 0 bridgehead atoms. The first kappa shape index (κ1) is 20.9. The highest BCUT2D eigenvalue weighted by Crippen LogP contribution is 2.27. The van der Waals surface area contributed by atoms with Gasteiger partial charge in [0.1, 0.15) is 35.3 Å². The molecule has 162 valence electrons. The van der Waals surface area contributed by atoms with E-state index in [4.69, 9.17) is 4.74 Å². The van der Waals surface area contributed by atoms with E-state index in [0.29, 0.717) is 17.9 Å². The number of hydrogen-bond acceptors (Lipinski definition) is 5. The molecule has 0 spiro atoms. The number of nitrogens with zero attached hydrogens (tertiary/aromatic N) is 2. The average Bonchev–Trinajstić information content (AvgIpc) is 2.79. The van der Waals surface area contributed by atoms with Gasteiger partial charge in [0.25, 0.3) is 0 Å². The largest absolute Gasteiger partial charge is 0.506 e. The van der Waals surface area contributed by atoms with Crippen LogP contribution in [0, 0.1) is 11.7 Å². The number of pyridine rings is 1. The molecule has 6 nitrogen and oxygen atoms in total. The smallest absolute Gasteiger partial charge is 0.223 e. The van der Waals surface area contributed by atoms with Crippen molar-refractivity contribution in [3.05, 3.63) is 60.4 Å². The Kier molecular flexibility index (Phi) is 6.21. The van der Waals surface area contributed by atoms with E-state index in [1.165, 1.54) is 12.1 Å². The summed E-state index contributed by atoms with van der Waals surface area (Å²) in [7, 11) is 0. The van der Waals surface area contributed by atoms with Crippen molar-refractivity contribution < 1.29 is 19.0 Å².